The number of likely N-dealkylation sites (N-methyl/N-ethyl adjacent to an activating group) is 1. The lowest BCUT2D eigenvalue weighted by Crippen LogP contribution is -2.44. The Morgan fingerprint density at radius 1 is 1.14 bits per heavy atom. The van der Waals surface area contributed by atoms with Crippen molar-refractivity contribution in [2.24, 2.45) is 0 Å². The highest BCUT2D eigenvalue weighted by Gasteiger charge is 2.18. The Kier molecular flexibility index (Phi) is 6.34. The smallest absolute Gasteiger partial charge is 0.143 e. The first-order chi connectivity index (χ1) is 10.7. The molecule has 1 heterocycles. The number of aliphatic hydroxyl groups is 1. The zero-order valence-electron chi connectivity index (χ0n) is 13.8. The van der Waals surface area contributed by atoms with E-state index in [0.717, 1.165) is 57.6 Å². The third-order valence-electron chi connectivity index (χ3n) is 4.38. The first kappa shape index (κ1) is 16.9. The predicted molar refractivity (Wildman–Crippen MR) is 91.8 cm³/mol. The van der Waals surface area contributed by atoms with Crippen molar-refractivity contribution >= 4 is 11.4 Å². The van der Waals surface area contributed by atoms with Crippen molar-refractivity contribution in [3.8, 4) is 5.75 Å². The van der Waals surface area contributed by atoms with Gasteiger partial charge in [-0.3, -0.25) is 0 Å². The molecule has 0 amide bonds. The number of aliphatic hydroxyl groups excluding tert-OH is 1. The molecule has 0 spiro atoms. The van der Waals surface area contributed by atoms with Crippen LogP contribution >= 0.6 is 0 Å². The van der Waals surface area contributed by atoms with E-state index in [1.165, 1.54) is 11.3 Å². The van der Waals surface area contributed by atoms with Gasteiger partial charge in [0, 0.05) is 44.5 Å². The van der Waals surface area contributed by atoms with Gasteiger partial charge in [0.05, 0.1) is 12.8 Å². The molecule has 22 heavy (non-hydrogen) atoms. The highest BCUT2D eigenvalue weighted by atomic mass is 16.5. The fourth-order valence-corrected chi connectivity index (χ4v) is 2.96. The quantitative estimate of drug-likeness (QED) is 0.593. The van der Waals surface area contributed by atoms with Crippen LogP contribution in [0.5, 0.6) is 5.75 Å². The summed E-state index contributed by atoms with van der Waals surface area (Å²) >= 11 is 0. The Labute approximate surface area is 133 Å². The number of nitrogens with zero attached hydrogens (tertiary/aromatic N) is 2. The van der Waals surface area contributed by atoms with Gasteiger partial charge in [0.1, 0.15) is 5.75 Å². The zero-order chi connectivity index (χ0) is 15.9. The Balaban J connectivity index is 2.16. The van der Waals surface area contributed by atoms with E-state index in [1.807, 2.05) is 0 Å². The van der Waals surface area contributed by atoms with Crippen LogP contribution in [0, 0.1) is 0 Å². The molecule has 1 fully saturated rings. The lowest BCUT2D eigenvalue weighted by atomic mass is 10.0. The molecule has 0 aromatic heterocycles. The van der Waals surface area contributed by atoms with E-state index in [0.29, 0.717) is 5.69 Å². The normalized spacial score (nSPS) is 16.0. The number of hydrogen-bond donors (Lipinski definition) is 2. The monoisotopic (exact) mass is 307 g/mol. The molecule has 1 aliphatic rings. The second kappa shape index (κ2) is 8.25. The van der Waals surface area contributed by atoms with E-state index in [1.54, 1.807) is 7.11 Å². The summed E-state index contributed by atoms with van der Waals surface area (Å²) in [4.78, 5) is 4.79. The molecule has 0 aliphatic carbocycles. The van der Waals surface area contributed by atoms with Crippen LogP contribution in [0.2, 0.25) is 0 Å². The number of hydrogen-bond acceptors (Lipinski definition) is 5. The summed E-state index contributed by atoms with van der Waals surface area (Å²) < 4.78 is 5.40. The molecule has 1 aliphatic heterocycles. The van der Waals surface area contributed by atoms with E-state index < -0.39 is 0 Å². The van der Waals surface area contributed by atoms with Gasteiger partial charge in [-0.25, -0.2) is 0 Å². The summed E-state index contributed by atoms with van der Waals surface area (Å²) in [5, 5.41) is 8.91. The first-order valence-corrected chi connectivity index (χ1v) is 8.16. The van der Waals surface area contributed by atoms with Crippen LogP contribution in [-0.4, -0.2) is 56.9 Å². The standard InChI is InChI=1S/C17H29N3O2/c1-19-7-9-20(10-8-19)16-13-17(22-2)15(18)12-14(16)6-4-3-5-11-21/h12-13,21H,3-11,18H2,1-2H3. The minimum atomic E-state index is 0.274. The minimum Gasteiger partial charge on any atom is -0.495 e. The molecule has 1 aromatic rings. The van der Waals surface area contributed by atoms with Crippen molar-refractivity contribution in [1.82, 2.24) is 4.90 Å². The summed E-state index contributed by atoms with van der Waals surface area (Å²) in [6, 6.07) is 4.15. The predicted octanol–water partition coefficient (Wildman–Crippen LogP) is 1.73. The molecule has 0 atom stereocenters. The summed E-state index contributed by atoms with van der Waals surface area (Å²) in [6.07, 6.45) is 3.99. The first-order valence-electron chi connectivity index (χ1n) is 8.16. The Morgan fingerprint density at radius 3 is 2.50 bits per heavy atom. The molecule has 0 radical (unpaired) electrons. The topological polar surface area (TPSA) is 62.0 Å². The van der Waals surface area contributed by atoms with Crippen molar-refractivity contribution in [3.63, 3.8) is 0 Å². The van der Waals surface area contributed by atoms with Gasteiger partial charge in [-0.15, -0.1) is 0 Å². The fraction of sp³-hybridized carbons (Fsp3) is 0.647. The molecule has 0 bridgehead atoms. The average molecular weight is 307 g/mol. The van der Waals surface area contributed by atoms with Crippen molar-refractivity contribution in [2.75, 3.05) is 57.6 Å². The summed E-state index contributed by atoms with van der Waals surface area (Å²) in [5.41, 5.74) is 9.34. The van der Waals surface area contributed by atoms with Crippen molar-refractivity contribution in [3.05, 3.63) is 17.7 Å². The third-order valence-corrected chi connectivity index (χ3v) is 4.38. The molecule has 1 saturated heterocycles. The van der Waals surface area contributed by atoms with E-state index in [9.17, 15) is 0 Å². The van der Waals surface area contributed by atoms with Crippen LogP contribution in [0.1, 0.15) is 24.8 Å². The van der Waals surface area contributed by atoms with E-state index >= 15 is 0 Å². The van der Waals surface area contributed by atoms with Gasteiger partial charge in [-0.05, 0) is 37.9 Å². The largest absolute Gasteiger partial charge is 0.495 e. The fourth-order valence-electron chi connectivity index (χ4n) is 2.96. The number of piperazine rings is 1. The minimum absolute atomic E-state index is 0.274. The SMILES string of the molecule is COc1cc(N2CCN(C)CC2)c(CCCCCO)cc1N. The van der Waals surface area contributed by atoms with Crippen LogP contribution in [0.4, 0.5) is 11.4 Å². The maximum Gasteiger partial charge on any atom is 0.143 e. The summed E-state index contributed by atoms with van der Waals surface area (Å²) in [7, 11) is 3.83. The molecule has 2 rings (SSSR count). The van der Waals surface area contributed by atoms with Crippen molar-refractivity contribution in [2.45, 2.75) is 25.7 Å². The Morgan fingerprint density at radius 2 is 1.86 bits per heavy atom. The number of anilines is 2. The van der Waals surface area contributed by atoms with E-state index in [2.05, 4.69) is 29.0 Å². The maximum atomic E-state index is 8.91. The maximum absolute atomic E-state index is 8.91. The third kappa shape index (κ3) is 4.27. The number of benzene rings is 1. The lowest BCUT2D eigenvalue weighted by molar-refractivity contribution is 0.283. The highest BCUT2D eigenvalue weighted by Crippen LogP contribution is 2.33. The van der Waals surface area contributed by atoms with Gasteiger partial charge in [0.15, 0.2) is 0 Å². The van der Waals surface area contributed by atoms with Gasteiger partial charge < -0.3 is 25.4 Å². The number of aryl methyl sites for hydroxylation is 1. The molecular formula is C17H29N3O2. The van der Waals surface area contributed by atoms with E-state index in [-0.39, 0.29) is 6.61 Å². The molecule has 3 N–H and O–H groups in total. The number of nitrogen functional groups attached to an aromatic ring is 1. The second-order valence-corrected chi connectivity index (χ2v) is 6.05. The molecule has 5 nitrogen and oxygen atoms in total. The van der Waals surface area contributed by atoms with Crippen LogP contribution in [0.25, 0.3) is 0 Å². The summed E-state index contributed by atoms with van der Waals surface area (Å²) in [5.74, 6) is 0.757. The molecular weight excluding hydrogens is 278 g/mol. The highest BCUT2D eigenvalue weighted by molar-refractivity contribution is 5.67. The average Bonchev–Trinajstić information content (AvgIpc) is 2.53. The second-order valence-electron chi connectivity index (χ2n) is 6.05. The Bertz CT molecular complexity index is 471. The molecule has 1 aromatic carbocycles. The molecule has 5 heteroatoms. The van der Waals surface area contributed by atoms with Gasteiger partial charge in [0.25, 0.3) is 0 Å². The summed E-state index contributed by atoms with van der Waals surface area (Å²) in [6.45, 7) is 4.50. The number of nitrogens with two attached hydrogens (primary N) is 1. The van der Waals surface area contributed by atoms with E-state index in [4.69, 9.17) is 15.6 Å². The van der Waals surface area contributed by atoms with Crippen LogP contribution < -0.4 is 15.4 Å². The molecule has 0 saturated carbocycles. The van der Waals surface area contributed by atoms with Crippen LogP contribution in [0.3, 0.4) is 0 Å². The number of methoxy groups -OCH3 is 1. The number of unbranched alkanes of at least 4 members (excludes halogenated alkanes) is 2. The van der Waals surface area contributed by atoms with Crippen LogP contribution in [0.15, 0.2) is 12.1 Å². The van der Waals surface area contributed by atoms with Gasteiger partial charge in [0.2, 0.25) is 0 Å². The lowest BCUT2D eigenvalue weighted by Gasteiger charge is -2.35. The van der Waals surface area contributed by atoms with Crippen molar-refractivity contribution in [1.29, 1.82) is 0 Å². The van der Waals surface area contributed by atoms with Gasteiger partial charge >= 0.3 is 0 Å². The Hall–Kier alpha value is -1.46. The number of rotatable bonds is 7. The zero-order valence-corrected chi connectivity index (χ0v) is 13.8. The van der Waals surface area contributed by atoms with Gasteiger partial charge in [-0.2, -0.15) is 0 Å². The van der Waals surface area contributed by atoms with Crippen molar-refractivity contribution < 1.29 is 9.84 Å². The molecule has 124 valence electrons. The van der Waals surface area contributed by atoms with Crippen LogP contribution in [-0.2, 0) is 6.42 Å². The molecule has 0 unspecified atom stereocenters. The number of ether oxygens (including phenoxy) is 1. The van der Waals surface area contributed by atoms with Gasteiger partial charge in [-0.1, -0.05) is 6.42 Å².